The van der Waals surface area contributed by atoms with E-state index in [1.165, 1.54) is 0 Å². The van der Waals surface area contributed by atoms with E-state index >= 15 is 0 Å². The molecule has 0 spiro atoms. The molecule has 1 N–H and O–H groups in total. The Balaban J connectivity index is 4.26. The topological polar surface area (TPSA) is 20.2 Å². The van der Waals surface area contributed by atoms with Crippen molar-refractivity contribution in [3.63, 3.8) is 0 Å². The Morgan fingerprint density at radius 2 is 1.82 bits per heavy atom. The van der Waals surface area contributed by atoms with Crippen LogP contribution in [0.3, 0.4) is 0 Å². The second-order valence-electron chi connectivity index (χ2n) is 2.66. The highest BCUT2D eigenvalue weighted by Gasteiger charge is 2.33. The van der Waals surface area contributed by atoms with E-state index in [0.717, 1.165) is 17.1 Å². The molecule has 0 saturated carbocycles. The fourth-order valence-electron chi connectivity index (χ4n) is 0.820. The van der Waals surface area contributed by atoms with Crippen LogP contribution < -0.4 is 0 Å². The Bertz CT molecular complexity index is 95.6. The first-order valence-electron chi connectivity index (χ1n) is 3.53. The van der Waals surface area contributed by atoms with Crippen molar-refractivity contribution >= 4 is 47.8 Å². The van der Waals surface area contributed by atoms with E-state index in [2.05, 4.69) is 54.7 Å². The Labute approximate surface area is 93.3 Å². The molecule has 0 aromatic carbocycles. The second-order valence-corrected chi connectivity index (χ2v) is 4.89. The molecule has 0 aromatic rings. The minimum Gasteiger partial charge on any atom is -0.396 e. The van der Waals surface area contributed by atoms with Crippen LogP contribution in [0.25, 0.3) is 0 Å². The third-order valence-electron chi connectivity index (χ3n) is 1.87. The molecular formula is C7H13Br3O. The normalized spacial score (nSPS) is 15.0. The lowest BCUT2D eigenvalue weighted by atomic mass is 9.89. The van der Waals surface area contributed by atoms with Gasteiger partial charge in [-0.15, -0.1) is 0 Å². The van der Waals surface area contributed by atoms with Crippen LogP contribution in [-0.4, -0.2) is 27.2 Å². The monoisotopic (exact) mass is 350 g/mol. The fourth-order valence-corrected chi connectivity index (χ4v) is 4.22. The van der Waals surface area contributed by atoms with Gasteiger partial charge in [-0.05, 0) is 6.42 Å². The van der Waals surface area contributed by atoms with Crippen LogP contribution in [0.4, 0.5) is 0 Å². The maximum absolute atomic E-state index is 9.19. The van der Waals surface area contributed by atoms with Crippen molar-refractivity contribution in [2.24, 2.45) is 5.41 Å². The van der Waals surface area contributed by atoms with Crippen LogP contribution >= 0.6 is 47.8 Å². The SMILES string of the molecule is CCC(Br)C(CO)(CBr)CBr. The quantitative estimate of drug-likeness (QED) is 0.754. The van der Waals surface area contributed by atoms with E-state index in [1.54, 1.807) is 0 Å². The van der Waals surface area contributed by atoms with Gasteiger partial charge in [0.1, 0.15) is 0 Å². The van der Waals surface area contributed by atoms with Crippen molar-refractivity contribution in [1.29, 1.82) is 0 Å². The molecule has 1 unspecified atom stereocenters. The van der Waals surface area contributed by atoms with E-state index in [9.17, 15) is 5.11 Å². The molecule has 0 aliphatic carbocycles. The third-order valence-corrected chi connectivity index (χ3v) is 5.72. The number of aliphatic hydroxyl groups excluding tert-OH is 1. The zero-order chi connectivity index (χ0) is 8.91. The summed E-state index contributed by atoms with van der Waals surface area (Å²) in [6.45, 7) is 2.31. The highest BCUT2D eigenvalue weighted by Crippen LogP contribution is 2.33. The minimum atomic E-state index is -0.0608. The third kappa shape index (κ3) is 2.98. The molecule has 1 nitrogen and oxygen atoms in total. The Kier molecular flexibility index (Phi) is 6.70. The summed E-state index contributed by atoms with van der Waals surface area (Å²) < 4.78 is 0. The molecule has 1 atom stereocenters. The predicted molar refractivity (Wildman–Crippen MR) is 60.1 cm³/mol. The first-order valence-corrected chi connectivity index (χ1v) is 6.69. The summed E-state index contributed by atoms with van der Waals surface area (Å²) in [4.78, 5) is 0.360. The van der Waals surface area contributed by atoms with Gasteiger partial charge < -0.3 is 5.11 Å². The van der Waals surface area contributed by atoms with Gasteiger partial charge in [0, 0.05) is 20.9 Å². The first kappa shape index (κ1) is 12.4. The van der Waals surface area contributed by atoms with Crippen molar-refractivity contribution in [3.8, 4) is 0 Å². The standard InChI is InChI=1S/C7H13Br3O/c1-2-6(10)7(3-8,4-9)5-11/h6,11H,2-5H2,1H3. The lowest BCUT2D eigenvalue weighted by Gasteiger charge is -2.32. The predicted octanol–water partition coefficient (Wildman–Crippen LogP) is 2.93. The van der Waals surface area contributed by atoms with Crippen LogP contribution in [0.15, 0.2) is 0 Å². The summed E-state index contributed by atoms with van der Waals surface area (Å²) in [6, 6.07) is 0. The highest BCUT2D eigenvalue weighted by atomic mass is 79.9. The summed E-state index contributed by atoms with van der Waals surface area (Å²) in [5, 5.41) is 10.8. The van der Waals surface area contributed by atoms with Crippen molar-refractivity contribution < 1.29 is 5.11 Å². The number of hydrogen-bond acceptors (Lipinski definition) is 1. The van der Waals surface area contributed by atoms with Gasteiger partial charge in [0.15, 0.2) is 0 Å². The van der Waals surface area contributed by atoms with Crippen LogP contribution in [0, 0.1) is 5.41 Å². The van der Waals surface area contributed by atoms with Crippen molar-refractivity contribution in [2.45, 2.75) is 18.2 Å². The largest absolute Gasteiger partial charge is 0.396 e. The van der Waals surface area contributed by atoms with E-state index < -0.39 is 0 Å². The van der Waals surface area contributed by atoms with Crippen molar-refractivity contribution in [2.75, 3.05) is 17.3 Å². The van der Waals surface area contributed by atoms with Gasteiger partial charge in [-0.1, -0.05) is 54.7 Å². The van der Waals surface area contributed by atoms with E-state index in [4.69, 9.17) is 0 Å². The van der Waals surface area contributed by atoms with Crippen LogP contribution in [0.5, 0.6) is 0 Å². The Morgan fingerprint density at radius 1 is 1.36 bits per heavy atom. The zero-order valence-corrected chi connectivity index (χ0v) is 11.2. The van der Waals surface area contributed by atoms with Gasteiger partial charge in [-0.25, -0.2) is 0 Å². The molecule has 4 heteroatoms. The fraction of sp³-hybridized carbons (Fsp3) is 1.00. The number of rotatable bonds is 5. The molecule has 0 saturated heterocycles. The number of alkyl halides is 3. The van der Waals surface area contributed by atoms with Crippen molar-refractivity contribution in [3.05, 3.63) is 0 Å². The van der Waals surface area contributed by atoms with Gasteiger partial charge >= 0.3 is 0 Å². The number of aliphatic hydroxyl groups is 1. The molecule has 68 valence electrons. The molecule has 0 aliphatic heterocycles. The lowest BCUT2D eigenvalue weighted by Crippen LogP contribution is -2.38. The molecular weight excluding hydrogens is 340 g/mol. The minimum absolute atomic E-state index is 0.0608. The summed E-state index contributed by atoms with van der Waals surface area (Å²) in [5.74, 6) is 0. The summed E-state index contributed by atoms with van der Waals surface area (Å²) in [5.41, 5.74) is -0.0608. The molecule has 0 bridgehead atoms. The van der Waals surface area contributed by atoms with Gasteiger partial charge in [0.2, 0.25) is 0 Å². The van der Waals surface area contributed by atoms with E-state index in [1.807, 2.05) is 0 Å². The summed E-state index contributed by atoms with van der Waals surface area (Å²) >= 11 is 10.4. The second kappa shape index (κ2) is 5.95. The zero-order valence-electron chi connectivity index (χ0n) is 6.49. The average molecular weight is 353 g/mol. The van der Waals surface area contributed by atoms with Gasteiger partial charge in [-0.2, -0.15) is 0 Å². The molecule has 0 amide bonds. The highest BCUT2D eigenvalue weighted by molar-refractivity contribution is 9.10. The van der Waals surface area contributed by atoms with Crippen LogP contribution in [0.2, 0.25) is 0 Å². The molecule has 0 aliphatic rings. The molecule has 11 heavy (non-hydrogen) atoms. The smallest absolute Gasteiger partial charge is 0.0514 e. The van der Waals surface area contributed by atoms with E-state index in [0.29, 0.717) is 4.83 Å². The van der Waals surface area contributed by atoms with Crippen LogP contribution in [0.1, 0.15) is 13.3 Å². The molecule has 0 aromatic heterocycles. The number of hydrogen-bond donors (Lipinski definition) is 1. The average Bonchev–Trinajstić information content (AvgIpc) is 2.08. The molecule has 0 fully saturated rings. The van der Waals surface area contributed by atoms with Crippen LogP contribution in [-0.2, 0) is 0 Å². The maximum atomic E-state index is 9.19. The summed E-state index contributed by atoms with van der Waals surface area (Å²) in [6.07, 6.45) is 1.03. The first-order chi connectivity index (χ1) is 5.16. The van der Waals surface area contributed by atoms with Gasteiger partial charge in [-0.3, -0.25) is 0 Å². The van der Waals surface area contributed by atoms with Gasteiger partial charge in [0.05, 0.1) is 6.61 Å². The Hall–Kier alpha value is 1.40. The van der Waals surface area contributed by atoms with E-state index in [-0.39, 0.29) is 12.0 Å². The molecule has 0 rings (SSSR count). The Morgan fingerprint density at radius 3 is 1.91 bits per heavy atom. The van der Waals surface area contributed by atoms with Gasteiger partial charge in [0.25, 0.3) is 0 Å². The lowest BCUT2D eigenvalue weighted by molar-refractivity contribution is 0.167. The van der Waals surface area contributed by atoms with Crippen molar-refractivity contribution in [1.82, 2.24) is 0 Å². The summed E-state index contributed by atoms with van der Waals surface area (Å²) in [7, 11) is 0. The molecule has 0 radical (unpaired) electrons. The number of halogens is 3. The maximum Gasteiger partial charge on any atom is 0.0514 e. The molecule has 0 heterocycles.